The quantitative estimate of drug-likeness (QED) is 0.451. The highest BCUT2D eigenvalue weighted by Gasteiger charge is 2.52. The second-order valence-corrected chi connectivity index (χ2v) is 8.24. The Bertz CT molecular complexity index is 963. The Hall–Kier alpha value is -2.99. The van der Waals surface area contributed by atoms with E-state index < -0.39 is 23.4 Å². The van der Waals surface area contributed by atoms with E-state index >= 15 is 0 Å². The van der Waals surface area contributed by atoms with Gasteiger partial charge in [0.2, 0.25) is 11.1 Å². The summed E-state index contributed by atoms with van der Waals surface area (Å²) in [6.07, 6.45) is 2.35. The number of carbonyl (C=O) groups is 3. The van der Waals surface area contributed by atoms with Gasteiger partial charge in [-0.25, -0.2) is 9.48 Å². The van der Waals surface area contributed by atoms with E-state index in [1.807, 2.05) is 6.07 Å². The number of aromatic nitrogens is 4. The van der Waals surface area contributed by atoms with Crippen molar-refractivity contribution in [3.8, 4) is 0 Å². The molecule has 0 bridgehead atoms. The topological polar surface area (TPSA) is 131 Å². The van der Waals surface area contributed by atoms with Crippen molar-refractivity contribution >= 4 is 29.6 Å². The van der Waals surface area contributed by atoms with E-state index in [1.54, 1.807) is 35.9 Å². The third kappa shape index (κ3) is 4.26. The molecule has 11 nitrogen and oxygen atoms in total. The van der Waals surface area contributed by atoms with E-state index in [2.05, 4.69) is 26.3 Å². The molecule has 4 amide bonds. The van der Waals surface area contributed by atoms with Crippen molar-refractivity contribution in [2.45, 2.75) is 49.5 Å². The first-order valence-corrected chi connectivity index (χ1v) is 11.0. The summed E-state index contributed by atoms with van der Waals surface area (Å²) in [6.45, 7) is 3.05. The molecule has 2 aliphatic rings. The summed E-state index contributed by atoms with van der Waals surface area (Å²) in [6, 6.07) is 8.30. The van der Waals surface area contributed by atoms with E-state index in [1.165, 1.54) is 0 Å². The van der Waals surface area contributed by atoms with Crippen LogP contribution in [0.4, 0.5) is 4.79 Å². The first kappa shape index (κ1) is 21.2. The summed E-state index contributed by atoms with van der Waals surface area (Å²) in [7, 11) is 0. The number of imide groups is 1. The second-order valence-electron chi connectivity index (χ2n) is 7.30. The Morgan fingerprint density at radius 3 is 2.87 bits per heavy atom. The van der Waals surface area contributed by atoms with Gasteiger partial charge in [-0.2, -0.15) is 5.01 Å². The van der Waals surface area contributed by atoms with Crippen LogP contribution in [0.15, 0.2) is 35.5 Å². The predicted molar refractivity (Wildman–Crippen MR) is 109 cm³/mol. The summed E-state index contributed by atoms with van der Waals surface area (Å²) in [5.41, 5.74) is 1.86. The number of carbonyl (C=O) groups excluding carboxylic acids is 3. The molecule has 12 heteroatoms. The molecule has 2 saturated heterocycles. The lowest BCUT2D eigenvalue weighted by Gasteiger charge is -2.25. The number of hydrogen-bond acceptors (Lipinski definition) is 8. The first-order chi connectivity index (χ1) is 15.0. The van der Waals surface area contributed by atoms with Crippen LogP contribution in [-0.4, -0.2) is 61.5 Å². The maximum atomic E-state index is 13.1. The third-order valence-electron chi connectivity index (χ3n) is 5.36. The van der Waals surface area contributed by atoms with Crippen molar-refractivity contribution in [1.82, 2.24) is 36.0 Å². The number of hydrogen-bond donors (Lipinski definition) is 2. The van der Waals surface area contributed by atoms with Crippen LogP contribution in [0, 0.1) is 0 Å². The van der Waals surface area contributed by atoms with Gasteiger partial charge in [-0.05, 0) is 35.3 Å². The fourth-order valence-electron chi connectivity index (χ4n) is 3.72. The molecular formula is C19H23N7O4S. The summed E-state index contributed by atoms with van der Waals surface area (Å²) in [5, 5.41) is 15.5. The number of thioether (sulfide) groups is 1. The molecular weight excluding hydrogens is 422 g/mol. The van der Waals surface area contributed by atoms with Gasteiger partial charge in [-0.3, -0.25) is 15.0 Å². The molecule has 4 rings (SSSR count). The Morgan fingerprint density at radius 1 is 1.35 bits per heavy atom. The van der Waals surface area contributed by atoms with E-state index in [0.29, 0.717) is 23.7 Å². The van der Waals surface area contributed by atoms with Crippen LogP contribution in [0.3, 0.4) is 0 Å². The van der Waals surface area contributed by atoms with Crippen molar-refractivity contribution in [3.05, 3.63) is 35.9 Å². The lowest BCUT2D eigenvalue weighted by molar-refractivity contribution is -0.138. The van der Waals surface area contributed by atoms with Gasteiger partial charge in [0.25, 0.3) is 5.91 Å². The lowest BCUT2D eigenvalue weighted by Crippen LogP contribution is -2.49. The van der Waals surface area contributed by atoms with Crippen molar-refractivity contribution < 1.29 is 19.1 Å². The summed E-state index contributed by atoms with van der Waals surface area (Å²) in [5.74, 6) is -1.10. The average molecular weight is 446 g/mol. The molecule has 2 aromatic rings. The number of amides is 4. The van der Waals surface area contributed by atoms with Gasteiger partial charge in [0.15, 0.2) is 0 Å². The van der Waals surface area contributed by atoms with Crippen LogP contribution < -0.4 is 10.7 Å². The van der Waals surface area contributed by atoms with Crippen LogP contribution >= 0.6 is 11.8 Å². The van der Waals surface area contributed by atoms with Gasteiger partial charge in [0.1, 0.15) is 5.54 Å². The monoisotopic (exact) mass is 445 g/mol. The predicted octanol–water partition coefficient (Wildman–Crippen LogP) is 0.833. The third-order valence-corrected chi connectivity index (χ3v) is 6.31. The number of hydrazine groups is 1. The number of urea groups is 1. The number of nitrogens with zero attached hydrogens (tertiary/aromatic N) is 5. The van der Waals surface area contributed by atoms with Crippen molar-refractivity contribution in [3.63, 3.8) is 0 Å². The van der Waals surface area contributed by atoms with Crippen molar-refractivity contribution in [1.29, 1.82) is 0 Å². The van der Waals surface area contributed by atoms with Crippen LogP contribution in [0.1, 0.15) is 31.7 Å². The number of tetrazole rings is 1. The maximum Gasteiger partial charge on any atom is 0.344 e. The average Bonchev–Trinajstić information content (AvgIpc) is 3.51. The van der Waals surface area contributed by atoms with Crippen LogP contribution in [-0.2, 0) is 26.4 Å². The van der Waals surface area contributed by atoms with Gasteiger partial charge in [0.05, 0.1) is 18.4 Å². The number of ether oxygens (including phenoxy) is 1. The number of benzene rings is 1. The molecule has 31 heavy (non-hydrogen) atoms. The van der Waals surface area contributed by atoms with Crippen LogP contribution in [0.2, 0.25) is 0 Å². The Balaban J connectivity index is 1.37. The Morgan fingerprint density at radius 2 is 2.16 bits per heavy atom. The van der Waals surface area contributed by atoms with E-state index in [0.717, 1.165) is 36.2 Å². The maximum absolute atomic E-state index is 13.1. The highest BCUT2D eigenvalue weighted by Crippen LogP contribution is 2.31. The highest BCUT2D eigenvalue weighted by atomic mass is 32.2. The number of nitrogens with one attached hydrogen (secondary N) is 2. The zero-order valence-corrected chi connectivity index (χ0v) is 17.8. The van der Waals surface area contributed by atoms with Gasteiger partial charge >= 0.3 is 6.03 Å². The molecule has 0 radical (unpaired) electrons. The smallest absolute Gasteiger partial charge is 0.344 e. The van der Waals surface area contributed by atoms with Crippen LogP contribution in [0.5, 0.6) is 0 Å². The SMILES string of the molecule is CC[C@@]1(c2ccccc2)NC(=O)N(NC(=O)CSc2nnnn2C[C@H]2CCCO2)C1=O. The fourth-order valence-corrected chi connectivity index (χ4v) is 4.40. The molecule has 164 valence electrons. The first-order valence-electron chi connectivity index (χ1n) is 10.1. The molecule has 0 spiro atoms. The molecule has 2 atom stereocenters. The van der Waals surface area contributed by atoms with Gasteiger partial charge < -0.3 is 10.1 Å². The molecule has 0 unspecified atom stereocenters. The summed E-state index contributed by atoms with van der Waals surface area (Å²) < 4.78 is 7.19. The number of rotatable bonds is 8. The zero-order valence-electron chi connectivity index (χ0n) is 17.0. The van der Waals surface area contributed by atoms with Gasteiger partial charge in [0, 0.05) is 6.61 Å². The normalized spacial score (nSPS) is 23.3. The largest absolute Gasteiger partial charge is 0.376 e. The summed E-state index contributed by atoms with van der Waals surface area (Å²) in [4.78, 5) is 38.0. The second kappa shape index (κ2) is 9.02. The fraction of sp³-hybridized carbons (Fsp3) is 0.474. The molecule has 1 aromatic carbocycles. The standard InChI is InChI=1S/C19H23N7O4S/c1-2-19(13-7-4-3-5-8-13)16(28)26(17(29)20-19)22-15(27)12-31-18-21-23-24-25(18)11-14-9-6-10-30-14/h3-5,7-8,14H,2,6,9-12H2,1H3,(H,20,29)(H,22,27)/t14-,19+/m1/s1. The minimum Gasteiger partial charge on any atom is -0.376 e. The minimum atomic E-state index is -1.20. The molecule has 0 aliphatic carbocycles. The van der Waals surface area contributed by atoms with Gasteiger partial charge in [-0.15, -0.1) is 5.10 Å². The zero-order chi connectivity index (χ0) is 21.8. The molecule has 1 aromatic heterocycles. The molecule has 2 N–H and O–H groups in total. The van der Waals surface area contributed by atoms with Crippen molar-refractivity contribution in [2.24, 2.45) is 0 Å². The molecule has 0 saturated carbocycles. The van der Waals surface area contributed by atoms with Gasteiger partial charge in [-0.1, -0.05) is 49.0 Å². The minimum absolute atomic E-state index is 0.0581. The molecule has 2 aliphatic heterocycles. The molecule has 2 fully saturated rings. The van der Waals surface area contributed by atoms with Crippen molar-refractivity contribution in [2.75, 3.05) is 12.4 Å². The van der Waals surface area contributed by atoms with E-state index in [9.17, 15) is 14.4 Å². The van der Waals surface area contributed by atoms with Crippen LogP contribution in [0.25, 0.3) is 0 Å². The van der Waals surface area contributed by atoms with E-state index in [-0.39, 0.29) is 11.9 Å². The molecule has 3 heterocycles. The summed E-state index contributed by atoms with van der Waals surface area (Å²) >= 11 is 1.12. The van der Waals surface area contributed by atoms with E-state index in [4.69, 9.17) is 4.74 Å². The highest BCUT2D eigenvalue weighted by molar-refractivity contribution is 7.99. The Labute approximate surface area is 182 Å². The lowest BCUT2D eigenvalue weighted by atomic mass is 9.87. The Kier molecular flexibility index (Phi) is 6.18.